The molecule has 6 nitrogen and oxygen atoms in total. The van der Waals surface area contributed by atoms with E-state index in [-0.39, 0.29) is 5.11 Å². The molecular weight excluding hydrogens is 320 g/mol. The summed E-state index contributed by atoms with van der Waals surface area (Å²) in [6, 6.07) is 18.2. The van der Waals surface area contributed by atoms with E-state index < -0.39 is 0 Å². The first-order valence-electron chi connectivity index (χ1n) is 6.84. The van der Waals surface area contributed by atoms with Gasteiger partial charge in [0.15, 0.2) is 0 Å². The number of benzene rings is 2. The van der Waals surface area contributed by atoms with Crippen molar-refractivity contribution < 1.29 is 0 Å². The van der Waals surface area contributed by atoms with Crippen LogP contribution < -0.4 is 10.9 Å². The van der Waals surface area contributed by atoms with Crippen LogP contribution in [0.5, 0.6) is 0 Å². The van der Waals surface area contributed by atoms with Crippen LogP contribution in [-0.4, -0.2) is 17.5 Å². The molecule has 2 rings (SSSR count). The summed E-state index contributed by atoms with van der Waals surface area (Å²) in [5.41, 5.74) is 7.91. The standard InChI is InChI=1S/C17H12N6S/c18-9-13-3-1-5-15(7-13)11-20-22-17(24)23-21-12-16-6-2-4-14(8-16)10-19/h1-8,11-12H,(H2,22,23,24)/b20-11+,21-12+. The van der Waals surface area contributed by atoms with Crippen molar-refractivity contribution >= 4 is 29.8 Å². The first-order valence-corrected chi connectivity index (χ1v) is 7.24. The number of nitriles is 2. The van der Waals surface area contributed by atoms with Gasteiger partial charge in [0.1, 0.15) is 0 Å². The highest BCUT2D eigenvalue weighted by molar-refractivity contribution is 7.80. The summed E-state index contributed by atoms with van der Waals surface area (Å²) in [6.45, 7) is 0. The molecule has 2 aromatic carbocycles. The SMILES string of the molecule is N#Cc1cccc(/C=N/NC(=S)N/N=C/c2cccc(C#N)c2)c1. The third-order valence-corrected chi connectivity index (χ3v) is 2.97. The zero-order chi connectivity index (χ0) is 17.2. The van der Waals surface area contributed by atoms with Gasteiger partial charge in [-0.2, -0.15) is 20.7 Å². The normalized spacial score (nSPS) is 10.2. The highest BCUT2D eigenvalue weighted by Crippen LogP contribution is 2.01. The summed E-state index contributed by atoms with van der Waals surface area (Å²) >= 11 is 5.03. The van der Waals surface area contributed by atoms with Crippen molar-refractivity contribution in [1.82, 2.24) is 10.9 Å². The lowest BCUT2D eigenvalue weighted by Gasteiger charge is -2.01. The molecule has 0 saturated carbocycles. The molecule has 0 unspecified atom stereocenters. The van der Waals surface area contributed by atoms with Crippen molar-refractivity contribution in [2.24, 2.45) is 10.2 Å². The third kappa shape index (κ3) is 5.34. The predicted octanol–water partition coefficient (Wildman–Crippen LogP) is 2.26. The van der Waals surface area contributed by atoms with E-state index in [0.717, 1.165) is 11.1 Å². The van der Waals surface area contributed by atoms with E-state index in [1.165, 1.54) is 0 Å². The zero-order valence-corrected chi connectivity index (χ0v) is 13.3. The molecule has 0 aliphatic rings. The van der Waals surface area contributed by atoms with Gasteiger partial charge in [-0.05, 0) is 47.6 Å². The van der Waals surface area contributed by atoms with Crippen LogP contribution in [0.2, 0.25) is 0 Å². The molecule has 0 amide bonds. The fraction of sp³-hybridized carbons (Fsp3) is 0. The van der Waals surface area contributed by atoms with Crippen LogP contribution in [-0.2, 0) is 0 Å². The maximum atomic E-state index is 8.83. The van der Waals surface area contributed by atoms with E-state index >= 15 is 0 Å². The summed E-state index contributed by atoms with van der Waals surface area (Å²) in [7, 11) is 0. The molecule has 0 heterocycles. The lowest BCUT2D eigenvalue weighted by atomic mass is 10.1. The molecule has 2 N–H and O–H groups in total. The third-order valence-electron chi connectivity index (χ3n) is 2.79. The molecule has 0 aromatic heterocycles. The monoisotopic (exact) mass is 332 g/mol. The number of thiocarbonyl (C=S) groups is 1. The maximum absolute atomic E-state index is 8.83. The van der Waals surface area contributed by atoms with E-state index in [4.69, 9.17) is 22.7 Å². The van der Waals surface area contributed by atoms with Crippen LogP contribution >= 0.6 is 12.2 Å². The summed E-state index contributed by atoms with van der Waals surface area (Å²) in [5, 5.41) is 25.8. The quantitative estimate of drug-likeness (QED) is 0.508. The van der Waals surface area contributed by atoms with Crippen molar-refractivity contribution in [2.45, 2.75) is 0 Å². The second kappa shape index (κ2) is 8.79. The molecule has 0 fully saturated rings. The lowest BCUT2D eigenvalue weighted by Crippen LogP contribution is -2.28. The van der Waals surface area contributed by atoms with Gasteiger partial charge in [-0.3, -0.25) is 10.9 Å². The Bertz CT molecular complexity index is 802. The second-order valence-corrected chi connectivity index (χ2v) is 4.95. The van der Waals surface area contributed by atoms with Crippen LogP contribution in [0, 0.1) is 22.7 Å². The fourth-order valence-electron chi connectivity index (χ4n) is 1.73. The molecule has 0 saturated heterocycles. The van der Waals surface area contributed by atoms with Crippen molar-refractivity contribution in [2.75, 3.05) is 0 Å². The van der Waals surface area contributed by atoms with E-state index in [9.17, 15) is 0 Å². The summed E-state index contributed by atoms with van der Waals surface area (Å²) in [4.78, 5) is 0. The van der Waals surface area contributed by atoms with Gasteiger partial charge < -0.3 is 0 Å². The van der Waals surface area contributed by atoms with Gasteiger partial charge in [0.05, 0.1) is 35.7 Å². The summed E-state index contributed by atoms with van der Waals surface area (Å²) < 4.78 is 0. The topological polar surface area (TPSA) is 96.4 Å². The average Bonchev–Trinajstić information content (AvgIpc) is 2.62. The first-order chi connectivity index (χ1) is 11.7. The molecule has 7 heteroatoms. The van der Waals surface area contributed by atoms with Crippen LogP contribution in [0.25, 0.3) is 0 Å². The van der Waals surface area contributed by atoms with Gasteiger partial charge in [-0.15, -0.1) is 0 Å². The highest BCUT2D eigenvalue weighted by Gasteiger charge is 1.94. The van der Waals surface area contributed by atoms with Crippen molar-refractivity contribution in [3.63, 3.8) is 0 Å². The fourth-order valence-corrected chi connectivity index (χ4v) is 1.84. The Hall–Kier alpha value is -3.55. The number of hydrazone groups is 2. The Morgan fingerprint density at radius 3 is 1.75 bits per heavy atom. The average molecular weight is 332 g/mol. The van der Waals surface area contributed by atoms with Gasteiger partial charge in [-0.25, -0.2) is 0 Å². The predicted molar refractivity (Wildman–Crippen MR) is 96.4 cm³/mol. The molecule has 0 bridgehead atoms. The van der Waals surface area contributed by atoms with Crippen LogP contribution in [0.1, 0.15) is 22.3 Å². The highest BCUT2D eigenvalue weighted by atomic mass is 32.1. The maximum Gasteiger partial charge on any atom is 0.207 e. The van der Waals surface area contributed by atoms with E-state index in [2.05, 4.69) is 33.2 Å². The van der Waals surface area contributed by atoms with Gasteiger partial charge in [0, 0.05) is 0 Å². The van der Waals surface area contributed by atoms with E-state index in [1.54, 1.807) is 48.8 Å². The van der Waals surface area contributed by atoms with E-state index in [1.807, 2.05) is 12.1 Å². The Balaban J connectivity index is 1.85. The van der Waals surface area contributed by atoms with Gasteiger partial charge in [0.25, 0.3) is 0 Å². The van der Waals surface area contributed by atoms with Crippen molar-refractivity contribution in [3.8, 4) is 12.1 Å². The van der Waals surface area contributed by atoms with Crippen molar-refractivity contribution in [1.29, 1.82) is 10.5 Å². The first kappa shape index (κ1) is 16.8. The molecule has 0 atom stereocenters. The molecule has 0 aliphatic heterocycles. The second-order valence-electron chi connectivity index (χ2n) is 4.54. The van der Waals surface area contributed by atoms with Crippen LogP contribution in [0.4, 0.5) is 0 Å². The Morgan fingerprint density at radius 1 is 0.875 bits per heavy atom. The van der Waals surface area contributed by atoms with E-state index in [0.29, 0.717) is 11.1 Å². The molecule has 0 radical (unpaired) electrons. The molecule has 2 aromatic rings. The minimum Gasteiger partial charge on any atom is -0.252 e. The van der Waals surface area contributed by atoms with Gasteiger partial charge in [0.2, 0.25) is 5.11 Å². The van der Waals surface area contributed by atoms with Gasteiger partial charge in [-0.1, -0.05) is 24.3 Å². The largest absolute Gasteiger partial charge is 0.252 e. The number of nitrogens with one attached hydrogen (secondary N) is 2. The van der Waals surface area contributed by atoms with Gasteiger partial charge >= 0.3 is 0 Å². The Kier molecular flexibility index (Phi) is 6.16. The minimum absolute atomic E-state index is 0.218. The number of nitrogens with zero attached hydrogens (tertiary/aromatic N) is 4. The molecule has 116 valence electrons. The van der Waals surface area contributed by atoms with Crippen molar-refractivity contribution in [3.05, 3.63) is 70.8 Å². The number of hydrogen-bond acceptors (Lipinski definition) is 5. The smallest absolute Gasteiger partial charge is 0.207 e. The van der Waals surface area contributed by atoms with Crippen LogP contribution in [0.3, 0.4) is 0 Å². The summed E-state index contributed by atoms with van der Waals surface area (Å²) in [6.07, 6.45) is 3.10. The minimum atomic E-state index is 0.218. The number of hydrogen-bond donors (Lipinski definition) is 2. The molecule has 0 spiro atoms. The molecule has 0 aliphatic carbocycles. The Labute approximate surface area is 144 Å². The number of rotatable bonds is 4. The Morgan fingerprint density at radius 2 is 1.33 bits per heavy atom. The molecular formula is C17H12N6S. The lowest BCUT2D eigenvalue weighted by molar-refractivity contribution is 0.935. The van der Waals surface area contributed by atoms with Crippen LogP contribution in [0.15, 0.2) is 58.7 Å². The zero-order valence-electron chi connectivity index (χ0n) is 12.5. The molecule has 24 heavy (non-hydrogen) atoms. The summed E-state index contributed by atoms with van der Waals surface area (Å²) in [5.74, 6) is 0.